The molecule has 0 bridgehead atoms. The lowest BCUT2D eigenvalue weighted by atomic mass is 10.3. The molecule has 2 N–H and O–H groups in total. The Hall–Kier alpha value is -2.24. The number of aliphatic hydroxyl groups excluding tert-OH is 1. The molecule has 0 aliphatic rings. The van der Waals surface area contributed by atoms with E-state index in [1.807, 2.05) is 61.5 Å². The van der Waals surface area contributed by atoms with E-state index in [2.05, 4.69) is 5.32 Å². The highest BCUT2D eigenvalue weighted by Gasteiger charge is 2.06. The Bertz CT molecular complexity index is 577. The molecule has 0 heterocycles. The second kappa shape index (κ2) is 10.5. The van der Waals surface area contributed by atoms with Gasteiger partial charge in [-0.3, -0.25) is 0 Å². The first-order valence-corrected chi connectivity index (χ1v) is 8.21. The summed E-state index contributed by atoms with van der Waals surface area (Å²) in [6.45, 7) is 4.37. The summed E-state index contributed by atoms with van der Waals surface area (Å²) in [6.07, 6.45) is -0.569. The van der Waals surface area contributed by atoms with Gasteiger partial charge in [0.1, 0.15) is 25.1 Å². The quantitative estimate of drug-likeness (QED) is 0.620. The zero-order valence-electron chi connectivity index (χ0n) is 14.0. The first-order valence-electron chi connectivity index (χ1n) is 8.21. The van der Waals surface area contributed by atoms with E-state index >= 15 is 0 Å². The van der Waals surface area contributed by atoms with Crippen LogP contribution < -0.4 is 19.5 Å². The molecule has 0 aliphatic heterocycles. The largest absolute Gasteiger partial charge is 0.491 e. The van der Waals surface area contributed by atoms with Crippen molar-refractivity contribution in [2.45, 2.75) is 13.0 Å². The Balaban J connectivity index is 1.59. The van der Waals surface area contributed by atoms with Crippen molar-refractivity contribution in [2.24, 2.45) is 0 Å². The SMILES string of the molecule is CCOc1ccccc1OCCNCC(O)COc1ccccc1. The van der Waals surface area contributed by atoms with Crippen molar-refractivity contribution in [3.8, 4) is 17.2 Å². The molecule has 2 aromatic rings. The second-order valence-electron chi connectivity index (χ2n) is 5.21. The van der Waals surface area contributed by atoms with Crippen LogP contribution in [0.1, 0.15) is 6.92 Å². The van der Waals surface area contributed by atoms with Gasteiger partial charge >= 0.3 is 0 Å². The standard InChI is InChI=1S/C19H25NO4/c1-2-22-18-10-6-7-11-19(18)23-13-12-20-14-16(21)15-24-17-8-4-3-5-9-17/h3-11,16,20-21H,2,12-15H2,1H3. The number of hydrogen-bond donors (Lipinski definition) is 2. The summed E-state index contributed by atoms with van der Waals surface area (Å²) in [4.78, 5) is 0. The normalized spacial score (nSPS) is 11.8. The zero-order valence-corrected chi connectivity index (χ0v) is 14.0. The van der Waals surface area contributed by atoms with Crippen molar-refractivity contribution in [1.82, 2.24) is 5.32 Å². The number of benzene rings is 2. The van der Waals surface area contributed by atoms with Crippen LogP contribution in [0.15, 0.2) is 54.6 Å². The fourth-order valence-corrected chi connectivity index (χ4v) is 2.11. The van der Waals surface area contributed by atoms with Gasteiger partial charge in [-0.1, -0.05) is 30.3 Å². The van der Waals surface area contributed by atoms with Gasteiger partial charge in [0.05, 0.1) is 6.61 Å². The van der Waals surface area contributed by atoms with Gasteiger partial charge < -0.3 is 24.6 Å². The molecule has 0 saturated carbocycles. The van der Waals surface area contributed by atoms with Crippen LogP contribution in [0.5, 0.6) is 17.2 Å². The third-order valence-electron chi connectivity index (χ3n) is 3.25. The first kappa shape index (κ1) is 18.1. The van der Waals surface area contributed by atoms with Gasteiger partial charge in [-0.2, -0.15) is 0 Å². The fourth-order valence-electron chi connectivity index (χ4n) is 2.11. The molecule has 0 spiro atoms. The first-order chi connectivity index (χ1) is 11.8. The van der Waals surface area contributed by atoms with E-state index in [9.17, 15) is 5.11 Å². The Morgan fingerprint density at radius 1 is 0.917 bits per heavy atom. The molecule has 5 heteroatoms. The molecule has 5 nitrogen and oxygen atoms in total. The Morgan fingerprint density at radius 3 is 2.29 bits per heavy atom. The molecule has 0 aliphatic carbocycles. The minimum Gasteiger partial charge on any atom is -0.491 e. The molecule has 130 valence electrons. The summed E-state index contributed by atoms with van der Waals surface area (Å²) >= 11 is 0. The van der Waals surface area contributed by atoms with Crippen LogP contribution in [0.3, 0.4) is 0 Å². The molecule has 0 fully saturated rings. The van der Waals surface area contributed by atoms with Crippen molar-refractivity contribution >= 4 is 0 Å². The van der Waals surface area contributed by atoms with Gasteiger partial charge in [0.2, 0.25) is 0 Å². The number of nitrogens with one attached hydrogen (secondary N) is 1. The minimum absolute atomic E-state index is 0.255. The van der Waals surface area contributed by atoms with Gasteiger partial charge in [-0.15, -0.1) is 0 Å². The van der Waals surface area contributed by atoms with E-state index in [4.69, 9.17) is 14.2 Å². The predicted octanol–water partition coefficient (Wildman–Crippen LogP) is 2.49. The maximum atomic E-state index is 9.89. The lowest BCUT2D eigenvalue weighted by molar-refractivity contribution is 0.105. The zero-order chi connectivity index (χ0) is 17.0. The Labute approximate surface area is 143 Å². The van der Waals surface area contributed by atoms with E-state index in [0.29, 0.717) is 26.3 Å². The Kier molecular flexibility index (Phi) is 7.93. The van der Waals surface area contributed by atoms with Crippen LogP contribution in [0.25, 0.3) is 0 Å². The number of rotatable bonds is 11. The topological polar surface area (TPSA) is 60.0 Å². The molecule has 2 aromatic carbocycles. The third-order valence-corrected chi connectivity index (χ3v) is 3.25. The van der Waals surface area contributed by atoms with Crippen LogP contribution in [0.4, 0.5) is 0 Å². The van der Waals surface area contributed by atoms with E-state index in [-0.39, 0.29) is 6.61 Å². The summed E-state index contributed by atoms with van der Waals surface area (Å²) in [5, 5.41) is 13.0. The molecule has 0 radical (unpaired) electrons. The monoisotopic (exact) mass is 331 g/mol. The van der Waals surface area contributed by atoms with E-state index < -0.39 is 6.10 Å². The highest BCUT2D eigenvalue weighted by Crippen LogP contribution is 2.25. The molecular weight excluding hydrogens is 306 g/mol. The van der Waals surface area contributed by atoms with E-state index in [1.165, 1.54) is 0 Å². The van der Waals surface area contributed by atoms with Crippen LogP contribution in [0.2, 0.25) is 0 Å². The molecular formula is C19H25NO4. The van der Waals surface area contributed by atoms with Crippen LogP contribution in [-0.2, 0) is 0 Å². The smallest absolute Gasteiger partial charge is 0.161 e. The Morgan fingerprint density at radius 2 is 1.58 bits per heavy atom. The maximum Gasteiger partial charge on any atom is 0.161 e. The molecule has 1 unspecified atom stereocenters. The van der Waals surface area contributed by atoms with Crippen LogP contribution in [-0.4, -0.2) is 44.1 Å². The van der Waals surface area contributed by atoms with Crippen molar-refractivity contribution in [1.29, 1.82) is 0 Å². The van der Waals surface area contributed by atoms with Gasteiger partial charge in [0.15, 0.2) is 11.5 Å². The number of hydrogen-bond acceptors (Lipinski definition) is 5. The molecule has 24 heavy (non-hydrogen) atoms. The number of aliphatic hydroxyl groups is 1. The molecule has 0 amide bonds. The van der Waals surface area contributed by atoms with Crippen molar-refractivity contribution in [3.63, 3.8) is 0 Å². The predicted molar refractivity (Wildman–Crippen MR) is 93.9 cm³/mol. The van der Waals surface area contributed by atoms with Gasteiger partial charge in [-0.25, -0.2) is 0 Å². The molecule has 2 rings (SSSR count). The minimum atomic E-state index is -0.569. The van der Waals surface area contributed by atoms with Crippen molar-refractivity contribution in [2.75, 3.05) is 32.9 Å². The molecule has 0 saturated heterocycles. The maximum absolute atomic E-state index is 9.89. The highest BCUT2D eigenvalue weighted by atomic mass is 16.5. The van der Waals surface area contributed by atoms with E-state index in [0.717, 1.165) is 17.2 Å². The summed E-state index contributed by atoms with van der Waals surface area (Å²) in [6, 6.07) is 17.1. The summed E-state index contributed by atoms with van der Waals surface area (Å²) < 4.78 is 16.7. The van der Waals surface area contributed by atoms with Gasteiger partial charge in [0, 0.05) is 13.1 Å². The summed E-state index contributed by atoms with van der Waals surface area (Å²) in [5.74, 6) is 2.23. The highest BCUT2D eigenvalue weighted by molar-refractivity contribution is 5.39. The lowest BCUT2D eigenvalue weighted by Crippen LogP contribution is -2.33. The fraction of sp³-hybridized carbons (Fsp3) is 0.368. The average molecular weight is 331 g/mol. The summed E-state index contributed by atoms with van der Waals surface area (Å²) in [5.41, 5.74) is 0. The average Bonchev–Trinajstić information content (AvgIpc) is 2.62. The number of ether oxygens (including phenoxy) is 3. The van der Waals surface area contributed by atoms with Crippen molar-refractivity contribution in [3.05, 3.63) is 54.6 Å². The number of para-hydroxylation sites is 3. The van der Waals surface area contributed by atoms with Gasteiger partial charge in [0.25, 0.3) is 0 Å². The van der Waals surface area contributed by atoms with Crippen molar-refractivity contribution < 1.29 is 19.3 Å². The lowest BCUT2D eigenvalue weighted by Gasteiger charge is -2.14. The molecule has 0 aromatic heterocycles. The van der Waals surface area contributed by atoms with Crippen LogP contribution >= 0.6 is 0 Å². The van der Waals surface area contributed by atoms with Crippen LogP contribution in [0, 0.1) is 0 Å². The third kappa shape index (κ3) is 6.48. The van der Waals surface area contributed by atoms with E-state index in [1.54, 1.807) is 0 Å². The second-order valence-corrected chi connectivity index (χ2v) is 5.21. The van der Waals surface area contributed by atoms with Gasteiger partial charge in [-0.05, 0) is 31.2 Å². The molecule has 1 atom stereocenters. The summed E-state index contributed by atoms with van der Waals surface area (Å²) in [7, 11) is 0.